The molecule has 0 atom stereocenters. The van der Waals surface area contributed by atoms with E-state index < -0.39 is 0 Å². The monoisotopic (exact) mass is 265 g/mol. The summed E-state index contributed by atoms with van der Waals surface area (Å²) in [6.45, 7) is 1.95. The smallest absolute Gasteiger partial charge is 0.197 e. The second kappa shape index (κ2) is 5.24. The third-order valence-corrected chi connectivity index (χ3v) is 3.46. The molecule has 1 aromatic heterocycles. The van der Waals surface area contributed by atoms with Crippen molar-refractivity contribution in [3.63, 3.8) is 0 Å². The highest BCUT2D eigenvalue weighted by molar-refractivity contribution is 7.14. The van der Waals surface area contributed by atoms with E-state index in [4.69, 9.17) is 15.3 Å². The largest absolute Gasteiger partial charge is 0.496 e. The second-order valence-electron chi connectivity index (χ2n) is 3.66. The standard InChI is InChI=1S/C12H15N3O2S/c1-7-10(16-2)5-4-8(11(7)17-3)9-6-18-12(14-9)15-13/h4-6H,13H2,1-3H3,(H,14,15). The lowest BCUT2D eigenvalue weighted by Crippen LogP contribution is -2.05. The molecule has 2 rings (SSSR count). The van der Waals surface area contributed by atoms with Gasteiger partial charge in [-0.25, -0.2) is 10.8 Å². The maximum Gasteiger partial charge on any atom is 0.197 e. The molecular formula is C12H15N3O2S. The van der Waals surface area contributed by atoms with Crippen LogP contribution in [0.25, 0.3) is 11.3 Å². The van der Waals surface area contributed by atoms with E-state index in [-0.39, 0.29) is 0 Å². The highest BCUT2D eigenvalue weighted by Crippen LogP contribution is 2.38. The molecule has 0 saturated carbocycles. The summed E-state index contributed by atoms with van der Waals surface area (Å²) in [6.07, 6.45) is 0. The normalized spacial score (nSPS) is 10.2. The summed E-state index contributed by atoms with van der Waals surface area (Å²) < 4.78 is 10.7. The van der Waals surface area contributed by atoms with Gasteiger partial charge >= 0.3 is 0 Å². The molecule has 3 N–H and O–H groups in total. The maximum atomic E-state index is 5.45. The lowest BCUT2D eigenvalue weighted by atomic mass is 10.1. The first-order chi connectivity index (χ1) is 8.71. The van der Waals surface area contributed by atoms with Gasteiger partial charge in [-0.15, -0.1) is 11.3 Å². The molecule has 0 bridgehead atoms. The molecule has 1 heterocycles. The van der Waals surface area contributed by atoms with Crippen molar-refractivity contribution in [2.45, 2.75) is 6.92 Å². The Kier molecular flexibility index (Phi) is 3.69. The lowest BCUT2D eigenvalue weighted by molar-refractivity contribution is 0.390. The van der Waals surface area contributed by atoms with Crippen LogP contribution in [-0.4, -0.2) is 19.2 Å². The number of hydrazine groups is 1. The van der Waals surface area contributed by atoms with Crippen LogP contribution in [0.4, 0.5) is 5.13 Å². The summed E-state index contributed by atoms with van der Waals surface area (Å²) in [5, 5.41) is 2.60. The molecule has 0 fully saturated rings. The van der Waals surface area contributed by atoms with Crippen molar-refractivity contribution in [1.82, 2.24) is 4.98 Å². The van der Waals surface area contributed by atoms with Crippen molar-refractivity contribution < 1.29 is 9.47 Å². The van der Waals surface area contributed by atoms with Crippen molar-refractivity contribution in [2.24, 2.45) is 5.84 Å². The number of anilines is 1. The van der Waals surface area contributed by atoms with Crippen molar-refractivity contribution in [1.29, 1.82) is 0 Å². The number of nitrogen functional groups attached to an aromatic ring is 1. The molecule has 0 aliphatic carbocycles. The van der Waals surface area contributed by atoms with Crippen LogP contribution in [0, 0.1) is 6.92 Å². The Bertz CT molecular complexity index is 554. The Balaban J connectivity index is 2.53. The van der Waals surface area contributed by atoms with Gasteiger partial charge in [-0.1, -0.05) is 0 Å². The summed E-state index contributed by atoms with van der Waals surface area (Å²) >= 11 is 1.45. The molecule has 6 heteroatoms. The molecule has 1 aromatic carbocycles. The Morgan fingerprint density at radius 3 is 2.61 bits per heavy atom. The molecular weight excluding hydrogens is 250 g/mol. The third-order valence-electron chi connectivity index (χ3n) is 2.68. The molecule has 96 valence electrons. The van der Waals surface area contributed by atoms with E-state index in [1.54, 1.807) is 14.2 Å². The average molecular weight is 265 g/mol. The zero-order valence-corrected chi connectivity index (χ0v) is 11.3. The van der Waals surface area contributed by atoms with E-state index >= 15 is 0 Å². The first-order valence-corrected chi connectivity index (χ1v) is 6.23. The minimum Gasteiger partial charge on any atom is -0.496 e. The van der Waals surface area contributed by atoms with Crippen molar-refractivity contribution in [2.75, 3.05) is 19.6 Å². The third kappa shape index (κ3) is 2.12. The number of benzene rings is 1. The average Bonchev–Trinajstić information content (AvgIpc) is 2.87. The van der Waals surface area contributed by atoms with E-state index in [1.165, 1.54) is 11.3 Å². The van der Waals surface area contributed by atoms with Gasteiger partial charge in [-0.2, -0.15) is 0 Å². The first-order valence-electron chi connectivity index (χ1n) is 5.35. The van der Waals surface area contributed by atoms with Gasteiger partial charge in [0.2, 0.25) is 0 Å². The fourth-order valence-electron chi connectivity index (χ4n) is 1.82. The molecule has 18 heavy (non-hydrogen) atoms. The Morgan fingerprint density at radius 1 is 1.28 bits per heavy atom. The molecule has 0 saturated heterocycles. The van der Waals surface area contributed by atoms with Crippen LogP contribution in [0.3, 0.4) is 0 Å². The number of ether oxygens (including phenoxy) is 2. The highest BCUT2D eigenvalue weighted by Gasteiger charge is 2.14. The van der Waals surface area contributed by atoms with Gasteiger partial charge < -0.3 is 9.47 Å². The van der Waals surface area contributed by atoms with Gasteiger partial charge in [0.15, 0.2) is 5.13 Å². The fraction of sp³-hybridized carbons (Fsp3) is 0.250. The minimum atomic E-state index is 0.667. The topological polar surface area (TPSA) is 69.4 Å². The van der Waals surface area contributed by atoms with Crippen LogP contribution < -0.4 is 20.7 Å². The van der Waals surface area contributed by atoms with Crippen LogP contribution in [-0.2, 0) is 0 Å². The van der Waals surface area contributed by atoms with Crippen molar-refractivity contribution in [3.8, 4) is 22.8 Å². The number of hydrogen-bond donors (Lipinski definition) is 2. The zero-order chi connectivity index (χ0) is 13.1. The predicted molar refractivity (Wildman–Crippen MR) is 73.2 cm³/mol. The highest BCUT2D eigenvalue weighted by atomic mass is 32.1. The van der Waals surface area contributed by atoms with E-state index in [0.717, 1.165) is 28.3 Å². The van der Waals surface area contributed by atoms with E-state index in [1.807, 2.05) is 24.4 Å². The van der Waals surface area contributed by atoms with E-state index in [0.29, 0.717) is 5.13 Å². The molecule has 0 spiro atoms. The van der Waals surface area contributed by atoms with Crippen LogP contribution in [0.2, 0.25) is 0 Å². The number of hydrogen-bond acceptors (Lipinski definition) is 6. The SMILES string of the molecule is COc1ccc(-c2csc(NN)n2)c(OC)c1C. The molecule has 0 unspecified atom stereocenters. The van der Waals surface area contributed by atoms with Gasteiger partial charge in [-0.05, 0) is 19.1 Å². The minimum absolute atomic E-state index is 0.667. The number of aromatic nitrogens is 1. The van der Waals surface area contributed by atoms with E-state index in [2.05, 4.69) is 10.4 Å². The summed E-state index contributed by atoms with van der Waals surface area (Å²) in [7, 11) is 3.28. The number of nitrogens with two attached hydrogens (primary N) is 1. The number of nitrogens with one attached hydrogen (secondary N) is 1. The molecule has 0 amide bonds. The fourth-order valence-corrected chi connectivity index (χ4v) is 2.45. The molecule has 0 aliphatic rings. The van der Waals surface area contributed by atoms with Gasteiger partial charge in [0.05, 0.1) is 19.9 Å². The Morgan fingerprint density at radius 2 is 2.06 bits per heavy atom. The number of thiazole rings is 1. The molecule has 2 aromatic rings. The maximum absolute atomic E-state index is 5.45. The van der Waals surface area contributed by atoms with Gasteiger partial charge in [0, 0.05) is 16.5 Å². The number of methoxy groups -OCH3 is 2. The molecule has 0 aliphatic heterocycles. The number of rotatable bonds is 4. The number of nitrogens with zero attached hydrogens (tertiary/aromatic N) is 1. The molecule has 5 nitrogen and oxygen atoms in total. The van der Waals surface area contributed by atoms with Crippen LogP contribution in [0.1, 0.15) is 5.56 Å². The predicted octanol–water partition coefficient (Wildman–Crippen LogP) is 2.42. The second-order valence-corrected chi connectivity index (χ2v) is 4.51. The summed E-state index contributed by atoms with van der Waals surface area (Å²) in [5.74, 6) is 6.90. The van der Waals surface area contributed by atoms with E-state index in [9.17, 15) is 0 Å². The summed E-state index contributed by atoms with van der Waals surface area (Å²) in [6, 6.07) is 3.84. The van der Waals surface area contributed by atoms with Gasteiger partial charge in [0.1, 0.15) is 11.5 Å². The molecule has 0 radical (unpaired) electrons. The van der Waals surface area contributed by atoms with Gasteiger partial charge in [0.25, 0.3) is 0 Å². The first kappa shape index (κ1) is 12.7. The van der Waals surface area contributed by atoms with Crippen LogP contribution >= 0.6 is 11.3 Å². The lowest BCUT2D eigenvalue weighted by Gasteiger charge is -2.13. The Hall–Kier alpha value is -1.79. The quantitative estimate of drug-likeness (QED) is 0.656. The Labute approximate surface area is 110 Å². The van der Waals surface area contributed by atoms with Crippen molar-refractivity contribution >= 4 is 16.5 Å². The van der Waals surface area contributed by atoms with Crippen LogP contribution in [0.15, 0.2) is 17.5 Å². The summed E-state index contributed by atoms with van der Waals surface area (Å²) in [5.41, 5.74) is 5.24. The van der Waals surface area contributed by atoms with Gasteiger partial charge in [-0.3, -0.25) is 5.43 Å². The summed E-state index contributed by atoms with van der Waals surface area (Å²) in [4.78, 5) is 4.37. The van der Waals surface area contributed by atoms with Crippen LogP contribution in [0.5, 0.6) is 11.5 Å². The zero-order valence-electron chi connectivity index (χ0n) is 10.5. The van der Waals surface area contributed by atoms with Crippen molar-refractivity contribution in [3.05, 3.63) is 23.1 Å².